The minimum atomic E-state index is -0.0128. The third-order valence-electron chi connectivity index (χ3n) is 3.04. The number of aromatic nitrogens is 1. The standard InChI is InChI=1S/C16H17N3OS/c1-12-15(21-11-18-12)10-19(2)16(20)14-7-5-13(6-8-14)4-3-9-17/h5-8,11H,9-10,17H2,1-2H3. The number of carbonyl (C=O) groups excluding carboxylic acids is 1. The van der Waals surface area contributed by atoms with Crippen LogP contribution in [0.1, 0.15) is 26.5 Å². The van der Waals surface area contributed by atoms with Crippen molar-refractivity contribution in [3.63, 3.8) is 0 Å². The Labute approximate surface area is 128 Å². The second-order valence-corrected chi connectivity index (χ2v) is 5.54. The summed E-state index contributed by atoms with van der Waals surface area (Å²) in [6.07, 6.45) is 0. The topological polar surface area (TPSA) is 59.2 Å². The van der Waals surface area contributed by atoms with Crippen LogP contribution in [-0.4, -0.2) is 29.4 Å². The van der Waals surface area contributed by atoms with Gasteiger partial charge in [-0.2, -0.15) is 0 Å². The SMILES string of the molecule is Cc1ncsc1CN(C)C(=O)c1ccc(C#CCN)cc1. The molecule has 0 aliphatic heterocycles. The second-order valence-electron chi connectivity index (χ2n) is 4.61. The predicted molar refractivity (Wildman–Crippen MR) is 85.0 cm³/mol. The van der Waals surface area contributed by atoms with Crippen LogP contribution in [0.4, 0.5) is 0 Å². The molecule has 0 saturated carbocycles. The molecule has 0 spiro atoms. The van der Waals surface area contributed by atoms with Gasteiger partial charge in [-0.05, 0) is 31.2 Å². The number of rotatable bonds is 3. The van der Waals surface area contributed by atoms with Crippen LogP contribution in [-0.2, 0) is 6.54 Å². The number of benzene rings is 1. The lowest BCUT2D eigenvalue weighted by atomic mass is 10.1. The van der Waals surface area contributed by atoms with Crippen molar-refractivity contribution >= 4 is 17.2 Å². The van der Waals surface area contributed by atoms with Gasteiger partial charge in [0.25, 0.3) is 5.91 Å². The van der Waals surface area contributed by atoms with Gasteiger partial charge in [0, 0.05) is 23.1 Å². The Morgan fingerprint density at radius 1 is 1.38 bits per heavy atom. The first-order valence-corrected chi connectivity index (χ1v) is 7.43. The van der Waals surface area contributed by atoms with Gasteiger partial charge in [-0.25, -0.2) is 4.98 Å². The monoisotopic (exact) mass is 299 g/mol. The van der Waals surface area contributed by atoms with E-state index in [9.17, 15) is 4.79 Å². The van der Waals surface area contributed by atoms with Gasteiger partial charge in [-0.15, -0.1) is 11.3 Å². The van der Waals surface area contributed by atoms with E-state index in [1.54, 1.807) is 40.9 Å². The van der Waals surface area contributed by atoms with Gasteiger partial charge in [-0.1, -0.05) is 11.8 Å². The molecule has 0 fully saturated rings. The first-order valence-electron chi connectivity index (χ1n) is 6.55. The lowest BCUT2D eigenvalue weighted by molar-refractivity contribution is 0.0786. The minimum Gasteiger partial charge on any atom is -0.336 e. The molecule has 0 unspecified atom stereocenters. The van der Waals surface area contributed by atoms with Gasteiger partial charge in [0.1, 0.15) is 0 Å². The zero-order valence-corrected chi connectivity index (χ0v) is 12.9. The number of nitrogens with zero attached hydrogens (tertiary/aromatic N) is 2. The van der Waals surface area contributed by atoms with Crippen LogP contribution in [0.2, 0.25) is 0 Å². The summed E-state index contributed by atoms with van der Waals surface area (Å²) in [5.41, 5.74) is 9.62. The van der Waals surface area contributed by atoms with Gasteiger partial charge in [0.05, 0.1) is 24.3 Å². The molecule has 1 amide bonds. The molecule has 1 heterocycles. The quantitative estimate of drug-likeness (QED) is 0.882. The molecule has 5 heteroatoms. The van der Waals surface area contributed by atoms with Gasteiger partial charge in [0.2, 0.25) is 0 Å². The van der Waals surface area contributed by atoms with Crippen molar-refractivity contribution in [2.75, 3.05) is 13.6 Å². The van der Waals surface area contributed by atoms with Crippen LogP contribution in [0.5, 0.6) is 0 Å². The molecule has 21 heavy (non-hydrogen) atoms. The van der Waals surface area contributed by atoms with Crippen molar-refractivity contribution < 1.29 is 4.79 Å². The molecule has 0 bridgehead atoms. The van der Waals surface area contributed by atoms with E-state index in [1.807, 2.05) is 19.1 Å². The van der Waals surface area contributed by atoms with Crippen molar-refractivity contribution in [2.45, 2.75) is 13.5 Å². The van der Waals surface area contributed by atoms with Gasteiger partial charge < -0.3 is 10.6 Å². The molecule has 2 rings (SSSR count). The molecule has 0 saturated heterocycles. The van der Waals surface area contributed by atoms with E-state index in [1.165, 1.54) is 0 Å². The molecule has 108 valence electrons. The summed E-state index contributed by atoms with van der Waals surface area (Å²) >= 11 is 1.57. The normalized spacial score (nSPS) is 9.86. The van der Waals surface area contributed by atoms with E-state index < -0.39 is 0 Å². The highest BCUT2D eigenvalue weighted by Gasteiger charge is 2.13. The Bertz CT molecular complexity index is 680. The van der Waals surface area contributed by atoms with Gasteiger partial charge in [-0.3, -0.25) is 4.79 Å². The van der Waals surface area contributed by atoms with Crippen LogP contribution in [0.25, 0.3) is 0 Å². The molecule has 0 atom stereocenters. The molecular formula is C16H17N3OS. The summed E-state index contributed by atoms with van der Waals surface area (Å²) in [5.74, 6) is 5.71. The Hall–Kier alpha value is -2.16. The molecule has 2 N–H and O–H groups in total. The lowest BCUT2D eigenvalue weighted by Gasteiger charge is -2.16. The average molecular weight is 299 g/mol. The number of carbonyl (C=O) groups is 1. The Morgan fingerprint density at radius 2 is 2.10 bits per heavy atom. The molecule has 0 radical (unpaired) electrons. The fourth-order valence-electron chi connectivity index (χ4n) is 1.83. The number of amides is 1. The Balaban J connectivity index is 2.07. The summed E-state index contributed by atoms with van der Waals surface area (Å²) in [7, 11) is 1.80. The maximum Gasteiger partial charge on any atom is 0.253 e. The largest absolute Gasteiger partial charge is 0.336 e. The Morgan fingerprint density at radius 3 is 2.67 bits per heavy atom. The summed E-state index contributed by atoms with van der Waals surface area (Å²) in [5, 5.41) is 0. The van der Waals surface area contributed by atoms with Crippen LogP contribution in [0.3, 0.4) is 0 Å². The maximum absolute atomic E-state index is 12.4. The molecular weight excluding hydrogens is 282 g/mol. The highest BCUT2D eigenvalue weighted by atomic mass is 32.1. The fraction of sp³-hybridized carbons (Fsp3) is 0.250. The van der Waals surface area contributed by atoms with Crippen molar-refractivity contribution in [3.05, 3.63) is 51.5 Å². The van der Waals surface area contributed by atoms with Gasteiger partial charge >= 0.3 is 0 Å². The zero-order chi connectivity index (χ0) is 15.2. The summed E-state index contributed by atoms with van der Waals surface area (Å²) in [4.78, 5) is 19.4. The Kier molecular flexibility index (Phi) is 5.09. The van der Waals surface area contributed by atoms with E-state index in [0.717, 1.165) is 16.1 Å². The van der Waals surface area contributed by atoms with Crippen LogP contribution >= 0.6 is 11.3 Å². The van der Waals surface area contributed by atoms with Crippen LogP contribution in [0.15, 0.2) is 29.8 Å². The van der Waals surface area contributed by atoms with E-state index in [-0.39, 0.29) is 5.91 Å². The predicted octanol–water partition coefficient (Wildman–Crippen LogP) is 2.03. The minimum absolute atomic E-state index is 0.0128. The fourth-order valence-corrected chi connectivity index (χ4v) is 2.66. The summed E-state index contributed by atoms with van der Waals surface area (Å²) in [6, 6.07) is 7.25. The van der Waals surface area contributed by atoms with Crippen molar-refractivity contribution in [2.24, 2.45) is 5.73 Å². The molecule has 2 aromatic rings. The maximum atomic E-state index is 12.4. The first-order chi connectivity index (χ1) is 10.1. The molecule has 0 aliphatic carbocycles. The highest BCUT2D eigenvalue weighted by molar-refractivity contribution is 7.09. The van der Waals surface area contributed by atoms with E-state index in [2.05, 4.69) is 16.8 Å². The highest BCUT2D eigenvalue weighted by Crippen LogP contribution is 2.16. The second kappa shape index (κ2) is 7.02. The number of hydrogen-bond acceptors (Lipinski definition) is 4. The lowest BCUT2D eigenvalue weighted by Crippen LogP contribution is -2.26. The number of hydrogen-bond donors (Lipinski definition) is 1. The van der Waals surface area contributed by atoms with E-state index in [4.69, 9.17) is 5.73 Å². The number of thiazole rings is 1. The molecule has 1 aromatic carbocycles. The van der Waals surface area contributed by atoms with E-state index in [0.29, 0.717) is 18.7 Å². The molecule has 0 aliphatic rings. The van der Waals surface area contributed by atoms with Crippen LogP contribution in [0, 0.1) is 18.8 Å². The smallest absolute Gasteiger partial charge is 0.253 e. The first kappa shape index (κ1) is 15.2. The van der Waals surface area contributed by atoms with Crippen LogP contribution < -0.4 is 5.73 Å². The summed E-state index contributed by atoms with van der Waals surface area (Å²) in [6.45, 7) is 2.86. The van der Waals surface area contributed by atoms with Crippen molar-refractivity contribution in [1.29, 1.82) is 0 Å². The van der Waals surface area contributed by atoms with Gasteiger partial charge in [0.15, 0.2) is 0 Å². The third kappa shape index (κ3) is 3.91. The van der Waals surface area contributed by atoms with Crippen molar-refractivity contribution in [3.8, 4) is 11.8 Å². The summed E-state index contributed by atoms with van der Waals surface area (Å²) < 4.78 is 0. The van der Waals surface area contributed by atoms with E-state index >= 15 is 0 Å². The number of aryl methyl sites for hydroxylation is 1. The average Bonchev–Trinajstić information content (AvgIpc) is 2.90. The zero-order valence-electron chi connectivity index (χ0n) is 12.1. The molecule has 4 nitrogen and oxygen atoms in total. The third-order valence-corrected chi connectivity index (χ3v) is 3.96. The molecule has 1 aromatic heterocycles. The van der Waals surface area contributed by atoms with Crippen molar-refractivity contribution in [1.82, 2.24) is 9.88 Å². The number of nitrogens with two attached hydrogens (primary N) is 1.